The third kappa shape index (κ3) is 2.15. The third-order valence-electron chi connectivity index (χ3n) is 4.07. The normalized spacial score (nSPS) is 42.5. The molecule has 0 N–H and O–H groups in total. The molecule has 1 aliphatic heterocycles. The molecule has 5 heteroatoms. The molecule has 17 heavy (non-hydrogen) atoms. The number of esters is 1. The topological polar surface area (TPSA) is 26.3 Å². The molecule has 1 saturated heterocycles. The van der Waals surface area contributed by atoms with Gasteiger partial charge in [0.2, 0.25) is 0 Å². The van der Waals surface area contributed by atoms with Crippen molar-refractivity contribution in [1.29, 1.82) is 0 Å². The lowest BCUT2D eigenvalue weighted by Gasteiger charge is -2.28. The summed E-state index contributed by atoms with van der Waals surface area (Å²) in [6.07, 6.45) is 2.61. The van der Waals surface area contributed by atoms with E-state index in [4.69, 9.17) is 4.74 Å². The van der Waals surface area contributed by atoms with Crippen molar-refractivity contribution in [2.24, 2.45) is 17.8 Å². The van der Waals surface area contributed by atoms with Crippen molar-refractivity contribution in [3.63, 3.8) is 0 Å². The van der Waals surface area contributed by atoms with Gasteiger partial charge in [0.05, 0.1) is 6.61 Å². The monoisotopic (exact) mass is 288 g/mol. The van der Waals surface area contributed by atoms with Crippen LogP contribution in [0.3, 0.4) is 0 Å². The molecule has 0 aromatic rings. The first-order valence-corrected chi connectivity index (χ1v) is 9.59. The summed E-state index contributed by atoms with van der Waals surface area (Å²) in [4.78, 5) is 11.4. The first kappa shape index (κ1) is 12.3. The second-order valence-electron chi connectivity index (χ2n) is 5.22. The predicted octanol–water partition coefficient (Wildman–Crippen LogP) is 3.54. The van der Waals surface area contributed by atoms with Crippen LogP contribution in [0.1, 0.15) is 19.8 Å². The lowest BCUT2D eigenvalue weighted by atomic mass is 9.88. The number of carbonyl (C=O) groups is 1. The second kappa shape index (κ2) is 4.74. The van der Waals surface area contributed by atoms with Crippen LogP contribution in [0, 0.1) is 17.8 Å². The minimum absolute atomic E-state index is 0.229. The Balaban J connectivity index is 1.57. The molecule has 0 spiro atoms. The largest absolute Gasteiger partial charge is 0.462 e. The van der Waals surface area contributed by atoms with Crippen molar-refractivity contribution >= 4 is 37.4 Å². The Kier molecular flexibility index (Phi) is 3.43. The van der Waals surface area contributed by atoms with E-state index in [0.29, 0.717) is 18.1 Å². The van der Waals surface area contributed by atoms with Gasteiger partial charge in [0.25, 0.3) is 0 Å². The molecule has 94 valence electrons. The van der Waals surface area contributed by atoms with Crippen LogP contribution in [0.25, 0.3) is 0 Å². The first-order valence-electron chi connectivity index (χ1n) is 5.98. The van der Waals surface area contributed by atoms with Gasteiger partial charge >= 0.3 is 5.97 Å². The molecule has 0 radical (unpaired) electrons. The number of hydrogen-bond acceptors (Lipinski definition) is 5. The highest BCUT2D eigenvalue weighted by Crippen LogP contribution is 2.67. The Morgan fingerprint density at radius 2 is 2.12 bits per heavy atom. The van der Waals surface area contributed by atoms with E-state index in [1.807, 2.05) is 20.6 Å². The molecule has 2 aliphatic carbocycles. The lowest BCUT2D eigenvalue weighted by molar-refractivity contribution is -0.140. The number of carbonyl (C=O) groups excluding carboxylic acids is 1. The number of fused-ring (bicyclic) bond motifs is 5. The molecule has 2 bridgehead atoms. The maximum absolute atomic E-state index is 11.4. The molecule has 5 unspecified atom stereocenters. The Bertz CT molecular complexity index is 358. The SMILES string of the molecule is C=C(C)C(=O)OCC1CC2CC1C1SSSC21. The summed E-state index contributed by atoms with van der Waals surface area (Å²) < 4.78 is 5.33. The Labute approximate surface area is 113 Å². The summed E-state index contributed by atoms with van der Waals surface area (Å²) in [6, 6.07) is 0. The summed E-state index contributed by atoms with van der Waals surface area (Å²) >= 11 is 0. The van der Waals surface area contributed by atoms with E-state index in [-0.39, 0.29) is 5.97 Å². The van der Waals surface area contributed by atoms with Crippen molar-refractivity contribution in [3.8, 4) is 0 Å². The highest BCUT2D eigenvalue weighted by atomic mass is 33.5. The van der Waals surface area contributed by atoms with Gasteiger partial charge in [-0.05, 0) is 47.3 Å². The molecule has 0 amide bonds. The van der Waals surface area contributed by atoms with Crippen molar-refractivity contribution in [2.75, 3.05) is 6.61 Å². The Morgan fingerprint density at radius 1 is 1.35 bits per heavy atom. The van der Waals surface area contributed by atoms with Gasteiger partial charge in [-0.1, -0.05) is 28.2 Å². The van der Waals surface area contributed by atoms with Crippen LogP contribution in [0.15, 0.2) is 12.2 Å². The zero-order valence-corrected chi connectivity index (χ0v) is 12.2. The van der Waals surface area contributed by atoms with Crippen molar-refractivity contribution in [2.45, 2.75) is 30.3 Å². The van der Waals surface area contributed by atoms with Crippen LogP contribution < -0.4 is 0 Å². The summed E-state index contributed by atoms with van der Waals surface area (Å²) in [6.45, 7) is 5.93. The van der Waals surface area contributed by atoms with Gasteiger partial charge < -0.3 is 4.74 Å². The molecule has 0 aromatic carbocycles. The van der Waals surface area contributed by atoms with Gasteiger partial charge in [0, 0.05) is 16.1 Å². The average Bonchev–Trinajstić information content (AvgIpc) is 2.96. The summed E-state index contributed by atoms with van der Waals surface area (Å²) in [7, 11) is 6.06. The van der Waals surface area contributed by atoms with Gasteiger partial charge in [-0.2, -0.15) is 0 Å². The molecule has 1 heterocycles. The van der Waals surface area contributed by atoms with Gasteiger partial charge in [0.1, 0.15) is 0 Å². The van der Waals surface area contributed by atoms with Crippen LogP contribution in [-0.4, -0.2) is 23.1 Å². The zero-order chi connectivity index (χ0) is 12.0. The minimum Gasteiger partial charge on any atom is -0.462 e. The van der Waals surface area contributed by atoms with E-state index in [0.717, 1.165) is 22.3 Å². The quantitative estimate of drug-likeness (QED) is 0.449. The van der Waals surface area contributed by atoms with Crippen molar-refractivity contribution < 1.29 is 9.53 Å². The highest BCUT2D eigenvalue weighted by Gasteiger charge is 2.55. The van der Waals surface area contributed by atoms with Crippen LogP contribution in [0.5, 0.6) is 0 Å². The van der Waals surface area contributed by atoms with E-state index in [9.17, 15) is 4.79 Å². The number of rotatable bonds is 3. The van der Waals surface area contributed by atoms with E-state index in [1.54, 1.807) is 6.92 Å². The van der Waals surface area contributed by atoms with E-state index >= 15 is 0 Å². The molecule has 3 rings (SSSR count). The highest BCUT2D eigenvalue weighted by molar-refractivity contribution is 9.11. The second-order valence-corrected chi connectivity index (χ2v) is 9.62. The molecular weight excluding hydrogens is 272 g/mol. The van der Waals surface area contributed by atoms with Gasteiger partial charge in [0.15, 0.2) is 0 Å². The predicted molar refractivity (Wildman–Crippen MR) is 75.8 cm³/mol. The molecule has 3 aliphatic rings. The average molecular weight is 288 g/mol. The maximum atomic E-state index is 11.4. The molecule has 2 saturated carbocycles. The van der Waals surface area contributed by atoms with E-state index in [2.05, 4.69) is 17.4 Å². The smallest absolute Gasteiger partial charge is 0.333 e. The van der Waals surface area contributed by atoms with Crippen molar-refractivity contribution in [3.05, 3.63) is 12.2 Å². The summed E-state index contributed by atoms with van der Waals surface area (Å²) in [5.41, 5.74) is 0.507. The van der Waals surface area contributed by atoms with Gasteiger partial charge in [-0.3, -0.25) is 0 Å². The van der Waals surface area contributed by atoms with Crippen molar-refractivity contribution in [1.82, 2.24) is 0 Å². The summed E-state index contributed by atoms with van der Waals surface area (Å²) in [5, 5.41) is 1.67. The molecule has 2 nitrogen and oxygen atoms in total. The van der Waals surface area contributed by atoms with Gasteiger partial charge in [-0.15, -0.1) is 0 Å². The van der Waals surface area contributed by atoms with E-state index < -0.39 is 0 Å². The Hall–Kier alpha value is 0.260. The van der Waals surface area contributed by atoms with Crippen LogP contribution in [0.4, 0.5) is 0 Å². The Morgan fingerprint density at radius 3 is 2.88 bits per heavy atom. The fourth-order valence-electron chi connectivity index (χ4n) is 3.25. The number of hydrogen-bond donors (Lipinski definition) is 0. The fraction of sp³-hybridized carbons (Fsp3) is 0.750. The third-order valence-corrected chi connectivity index (χ3v) is 9.39. The van der Waals surface area contributed by atoms with Crippen LogP contribution in [-0.2, 0) is 9.53 Å². The molecule has 0 aromatic heterocycles. The van der Waals surface area contributed by atoms with E-state index in [1.165, 1.54) is 12.8 Å². The number of ether oxygens (including phenoxy) is 1. The molecule has 3 fully saturated rings. The minimum atomic E-state index is -0.229. The van der Waals surface area contributed by atoms with Crippen LogP contribution >= 0.6 is 31.4 Å². The van der Waals surface area contributed by atoms with Crippen LogP contribution in [0.2, 0.25) is 0 Å². The fourth-order valence-corrected chi connectivity index (χ4v) is 10.1. The zero-order valence-electron chi connectivity index (χ0n) is 9.76. The lowest BCUT2D eigenvalue weighted by Crippen LogP contribution is -2.32. The van der Waals surface area contributed by atoms with Gasteiger partial charge in [-0.25, -0.2) is 4.79 Å². The molecule has 5 atom stereocenters. The summed E-state index contributed by atoms with van der Waals surface area (Å²) in [5.74, 6) is 2.00. The first-order chi connectivity index (χ1) is 8.16. The molecular formula is C12H16O2S3. The standard InChI is InChI=1S/C12H16O2S3/c1-6(2)12(13)14-5-8-3-7-4-9(8)11-10(7)15-17-16-11/h7-11H,1,3-5H2,2H3. The maximum Gasteiger partial charge on any atom is 0.333 e.